The van der Waals surface area contributed by atoms with Crippen molar-refractivity contribution in [3.05, 3.63) is 35.5 Å². The monoisotopic (exact) mass is 630 g/mol. The summed E-state index contributed by atoms with van der Waals surface area (Å²) in [5.74, 6) is 13.0. The second-order valence-electron chi connectivity index (χ2n) is 18.4. The van der Waals surface area contributed by atoms with Gasteiger partial charge in [0.15, 0.2) is 0 Å². The Bertz CT molecular complexity index is 1180. The first-order chi connectivity index (χ1) is 21.9. The molecular formula is C42H66O2Si. The molecule has 1 aromatic heterocycles. The summed E-state index contributed by atoms with van der Waals surface area (Å²) >= 11 is 0. The largest absolute Gasteiger partial charge is 0.495 e. The van der Waals surface area contributed by atoms with Gasteiger partial charge in [-0.15, -0.1) is 0 Å². The zero-order valence-corrected chi connectivity index (χ0v) is 30.5. The summed E-state index contributed by atoms with van der Waals surface area (Å²) in [7, 11) is -1.76. The number of hydrogen-bond acceptors (Lipinski definition) is 2. The van der Waals surface area contributed by atoms with Gasteiger partial charge in [0.1, 0.15) is 17.6 Å². The van der Waals surface area contributed by atoms with E-state index in [9.17, 15) is 0 Å². The number of fused-ring (bicyclic) bond motifs is 2. The molecule has 1 aromatic rings. The highest BCUT2D eigenvalue weighted by Crippen LogP contribution is 2.69. The van der Waals surface area contributed by atoms with Gasteiger partial charge in [-0.05, 0) is 122 Å². The van der Waals surface area contributed by atoms with Crippen molar-refractivity contribution >= 4 is 8.07 Å². The zero-order valence-electron chi connectivity index (χ0n) is 29.5. The number of aryl methyl sites for hydroxylation is 1. The Hall–Kier alpha value is -0.963. The van der Waals surface area contributed by atoms with E-state index in [0.29, 0.717) is 12.0 Å². The number of ether oxygens (including phenoxy) is 1. The second kappa shape index (κ2) is 12.8. The van der Waals surface area contributed by atoms with Gasteiger partial charge < -0.3 is 9.15 Å². The van der Waals surface area contributed by atoms with Gasteiger partial charge in [-0.1, -0.05) is 103 Å². The third kappa shape index (κ3) is 5.67. The van der Waals surface area contributed by atoms with E-state index in [2.05, 4.69) is 45.2 Å². The van der Waals surface area contributed by atoms with Crippen LogP contribution in [0.3, 0.4) is 0 Å². The van der Waals surface area contributed by atoms with Gasteiger partial charge in [0.25, 0.3) is 0 Å². The lowest BCUT2D eigenvalue weighted by molar-refractivity contribution is 0.0805. The molecule has 0 bridgehead atoms. The van der Waals surface area contributed by atoms with Crippen LogP contribution in [0.25, 0.3) is 0 Å². The minimum absolute atomic E-state index is 0.447. The van der Waals surface area contributed by atoms with Crippen LogP contribution >= 0.6 is 0 Å². The first kappa shape index (κ1) is 31.3. The Morgan fingerprint density at radius 1 is 0.578 bits per heavy atom. The van der Waals surface area contributed by atoms with Gasteiger partial charge in [-0.2, -0.15) is 0 Å². The Balaban J connectivity index is 1.16. The quantitative estimate of drug-likeness (QED) is 0.292. The van der Waals surface area contributed by atoms with Crippen LogP contribution in [0.2, 0.25) is 24.2 Å². The molecule has 6 fully saturated rings. The van der Waals surface area contributed by atoms with Crippen molar-refractivity contribution < 1.29 is 9.15 Å². The van der Waals surface area contributed by atoms with Crippen molar-refractivity contribution in [3.63, 3.8) is 0 Å². The summed E-state index contributed by atoms with van der Waals surface area (Å²) in [6, 6.07) is 4.71. The van der Waals surface area contributed by atoms with Crippen molar-refractivity contribution in [2.45, 2.75) is 172 Å². The van der Waals surface area contributed by atoms with E-state index in [4.69, 9.17) is 9.15 Å². The molecule has 2 heterocycles. The molecule has 7 aliphatic rings. The van der Waals surface area contributed by atoms with Gasteiger partial charge >= 0.3 is 0 Å². The van der Waals surface area contributed by atoms with Crippen LogP contribution in [0.5, 0.6) is 0 Å². The molecule has 3 heteroatoms. The van der Waals surface area contributed by atoms with E-state index >= 15 is 0 Å². The molecule has 0 N–H and O–H groups in total. The zero-order chi connectivity index (χ0) is 30.7. The summed E-state index contributed by atoms with van der Waals surface area (Å²) in [5, 5.41) is 0. The third-order valence-corrected chi connectivity index (χ3v) is 21.2. The summed E-state index contributed by atoms with van der Waals surface area (Å²) in [4.78, 5) is 0. The van der Waals surface area contributed by atoms with Crippen LogP contribution in [0.4, 0.5) is 0 Å². The van der Waals surface area contributed by atoms with Gasteiger partial charge in [0.2, 0.25) is 0 Å². The lowest BCUT2D eigenvalue weighted by Crippen LogP contribution is -2.49. The molecule has 10 unspecified atom stereocenters. The molecule has 11 atom stereocenters. The molecule has 0 spiro atoms. The van der Waals surface area contributed by atoms with E-state index in [1.54, 1.807) is 0 Å². The fourth-order valence-electron chi connectivity index (χ4n) is 14.7. The number of allylic oxidation sites excluding steroid dienone is 1. The molecule has 45 heavy (non-hydrogen) atoms. The molecule has 0 aromatic carbocycles. The third-order valence-electron chi connectivity index (χ3n) is 16.0. The normalized spacial score (nSPS) is 43.1. The Morgan fingerprint density at radius 3 is 1.71 bits per heavy atom. The topological polar surface area (TPSA) is 22.4 Å². The van der Waals surface area contributed by atoms with Gasteiger partial charge in [-0.3, -0.25) is 0 Å². The molecular weight excluding hydrogens is 565 g/mol. The van der Waals surface area contributed by atoms with Gasteiger partial charge in [0, 0.05) is 12.3 Å². The summed E-state index contributed by atoms with van der Waals surface area (Å²) in [6.45, 7) is 10.3. The lowest BCUT2D eigenvalue weighted by atomic mass is 9.65. The van der Waals surface area contributed by atoms with Crippen molar-refractivity contribution in [2.24, 2.45) is 53.3 Å². The van der Waals surface area contributed by atoms with Crippen molar-refractivity contribution in [1.82, 2.24) is 0 Å². The smallest absolute Gasteiger partial charge is 0.107 e. The average molecular weight is 631 g/mol. The first-order valence-corrected chi connectivity index (χ1v) is 23.5. The lowest BCUT2D eigenvalue weighted by Gasteiger charge is -2.50. The molecule has 0 saturated heterocycles. The molecule has 250 valence electrons. The number of furan rings is 1. The Labute approximate surface area is 277 Å². The first-order valence-electron chi connectivity index (χ1n) is 20.3. The van der Waals surface area contributed by atoms with Crippen LogP contribution in [-0.2, 0) is 4.74 Å². The Kier molecular flexibility index (Phi) is 8.92. The van der Waals surface area contributed by atoms with Crippen molar-refractivity contribution in [1.29, 1.82) is 0 Å². The molecule has 8 rings (SSSR count). The highest BCUT2D eigenvalue weighted by atomic mass is 28.3. The van der Waals surface area contributed by atoms with Crippen LogP contribution in [0.15, 0.2) is 28.4 Å². The minimum Gasteiger partial charge on any atom is -0.495 e. The maximum Gasteiger partial charge on any atom is 0.107 e. The highest BCUT2D eigenvalue weighted by Gasteiger charge is 2.63. The van der Waals surface area contributed by atoms with Gasteiger partial charge in [0.05, 0.1) is 13.8 Å². The van der Waals surface area contributed by atoms with E-state index in [0.717, 1.165) is 70.1 Å². The summed E-state index contributed by atoms with van der Waals surface area (Å²) < 4.78 is 13.5. The fourth-order valence-corrected chi connectivity index (χ4v) is 20.9. The van der Waals surface area contributed by atoms with Crippen molar-refractivity contribution in [2.75, 3.05) is 0 Å². The standard InChI is InChI=1S/C42H66O2Si/c1-27-21-23-39(43-27)37-25-35-31(29-13-7-5-8-14-29)17-11-19-33(35)41(37)45(3,4)42-34-20-12-18-32(30-15-9-6-10-16-30)36(34)26-38(42)40-24-22-28(2)44-40/h21-23,29-38,40-42H,5-20,24-26H2,1-4H3/t31?,32?,33?,34?,35?,36?,37?,38?,40-,41?,42?/m1/s1. The highest BCUT2D eigenvalue weighted by molar-refractivity contribution is 6.80. The Morgan fingerprint density at radius 2 is 1.16 bits per heavy atom. The SMILES string of the molecule is CC1=CC[C@H](C2CC3C(C4CCCCC4)CCCC3C2[Si](C)(C)C2C(c3ccc(C)o3)CC3C(C4CCCCC4)CCCC32)O1. The average Bonchev–Trinajstić information content (AvgIpc) is 3.85. The van der Waals surface area contributed by atoms with Gasteiger partial charge in [-0.25, -0.2) is 0 Å². The van der Waals surface area contributed by atoms with Crippen LogP contribution < -0.4 is 0 Å². The predicted octanol–water partition coefficient (Wildman–Crippen LogP) is 12.5. The number of hydrogen-bond donors (Lipinski definition) is 0. The second-order valence-corrected chi connectivity index (χ2v) is 23.4. The van der Waals surface area contributed by atoms with Crippen LogP contribution in [-0.4, -0.2) is 14.2 Å². The maximum absolute atomic E-state index is 6.80. The minimum atomic E-state index is -1.76. The van der Waals surface area contributed by atoms with Crippen molar-refractivity contribution in [3.8, 4) is 0 Å². The predicted molar refractivity (Wildman–Crippen MR) is 189 cm³/mol. The van der Waals surface area contributed by atoms with Crippen LogP contribution in [0.1, 0.15) is 146 Å². The molecule has 0 amide bonds. The molecule has 6 aliphatic carbocycles. The summed E-state index contributed by atoms with van der Waals surface area (Å²) in [5.41, 5.74) is 1.78. The van der Waals surface area contributed by atoms with E-state index in [1.165, 1.54) is 134 Å². The van der Waals surface area contributed by atoms with E-state index < -0.39 is 8.07 Å². The molecule has 6 saturated carbocycles. The maximum atomic E-state index is 6.80. The fraction of sp³-hybridized carbons (Fsp3) is 0.857. The summed E-state index contributed by atoms with van der Waals surface area (Å²) in [6.07, 6.45) is 31.1. The molecule has 0 radical (unpaired) electrons. The molecule has 1 aliphatic heterocycles. The molecule has 2 nitrogen and oxygen atoms in total. The van der Waals surface area contributed by atoms with E-state index in [-0.39, 0.29) is 0 Å². The number of rotatable bonds is 6. The van der Waals surface area contributed by atoms with Crippen LogP contribution in [0, 0.1) is 60.2 Å². The van der Waals surface area contributed by atoms with E-state index in [1.807, 2.05) is 0 Å².